The normalized spacial score (nSPS) is 15.5. The zero-order valence-corrected chi connectivity index (χ0v) is 17.1. The van der Waals surface area contributed by atoms with Gasteiger partial charge < -0.3 is 10.1 Å². The van der Waals surface area contributed by atoms with Gasteiger partial charge in [0.1, 0.15) is 18.1 Å². The molecule has 1 fully saturated rings. The number of amides is 3. The minimum Gasteiger partial charge on any atom is -0.487 e. The van der Waals surface area contributed by atoms with Gasteiger partial charge in [-0.1, -0.05) is 30.3 Å². The molecule has 2 aromatic rings. The van der Waals surface area contributed by atoms with Crippen LogP contribution < -0.4 is 10.1 Å². The Kier molecular flexibility index (Phi) is 5.78. The van der Waals surface area contributed by atoms with Gasteiger partial charge in [0.2, 0.25) is 0 Å². The first-order valence-electron chi connectivity index (χ1n) is 8.00. The summed E-state index contributed by atoms with van der Waals surface area (Å²) in [6.07, 6.45) is 1.65. The van der Waals surface area contributed by atoms with Crippen LogP contribution in [0.3, 0.4) is 0 Å². The maximum atomic E-state index is 12.2. The number of carbonyl (C=O) groups excluding carboxylic acids is 2. The maximum absolute atomic E-state index is 12.2. The molecule has 0 atom stereocenters. The quantitative estimate of drug-likeness (QED) is 0.499. The fraction of sp³-hybridized carbons (Fsp3) is 0.158. The van der Waals surface area contributed by atoms with Crippen LogP contribution in [0.25, 0.3) is 6.08 Å². The lowest BCUT2D eigenvalue weighted by Crippen LogP contribution is -2.30. The van der Waals surface area contributed by atoms with Crippen molar-refractivity contribution < 1.29 is 14.3 Å². The molecule has 134 valence electrons. The number of urea groups is 1. The highest BCUT2D eigenvalue weighted by atomic mass is 79.9. The highest BCUT2D eigenvalue weighted by Gasteiger charge is 2.32. The fourth-order valence-electron chi connectivity index (χ4n) is 2.56. The van der Waals surface area contributed by atoms with E-state index in [0.717, 1.165) is 25.0 Å². The molecule has 1 aliphatic heterocycles. The lowest BCUT2D eigenvalue weighted by Gasteiger charge is -2.11. The molecule has 3 amide bonds. The Labute approximate surface area is 168 Å². The molecule has 1 aliphatic rings. The molecule has 0 spiro atoms. The molecule has 1 saturated heterocycles. The number of imide groups is 1. The third-order valence-electron chi connectivity index (χ3n) is 3.84. The SMILES string of the molecule is CCN1C(=O)N/C(=C/c2cc(Br)c(OCc3ccccc3)c(Br)c2)C1=O. The van der Waals surface area contributed by atoms with E-state index in [0.29, 0.717) is 18.9 Å². The molecule has 0 saturated carbocycles. The van der Waals surface area contributed by atoms with Crippen molar-refractivity contribution in [3.8, 4) is 5.75 Å². The van der Waals surface area contributed by atoms with Crippen molar-refractivity contribution in [3.63, 3.8) is 0 Å². The Morgan fingerprint density at radius 3 is 2.35 bits per heavy atom. The van der Waals surface area contributed by atoms with E-state index in [4.69, 9.17) is 4.74 Å². The lowest BCUT2D eigenvalue weighted by molar-refractivity contribution is -0.122. The van der Waals surface area contributed by atoms with Gasteiger partial charge in [0.15, 0.2) is 0 Å². The monoisotopic (exact) mass is 478 g/mol. The van der Waals surface area contributed by atoms with E-state index < -0.39 is 6.03 Å². The molecule has 0 aliphatic carbocycles. The highest BCUT2D eigenvalue weighted by molar-refractivity contribution is 9.11. The molecule has 1 N–H and O–H groups in total. The van der Waals surface area contributed by atoms with E-state index in [1.807, 2.05) is 42.5 Å². The molecule has 2 aromatic carbocycles. The summed E-state index contributed by atoms with van der Waals surface area (Å²) in [7, 11) is 0. The van der Waals surface area contributed by atoms with Gasteiger partial charge in [0.25, 0.3) is 5.91 Å². The van der Waals surface area contributed by atoms with E-state index in [9.17, 15) is 9.59 Å². The van der Waals surface area contributed by atoms with Crippen molar-refractivity contribution in [2.45, 2.75) is 13.5 Å². The second-order valence-electron chi connectivity index (χ2n) is 5.63. The summed E-state index contributed by atoms with van der Waals surface area (Å²) < 4.78 is 7.39. The summed E-state index contributed by atoms with van der Waals surface area (Å²) in [4.78, 5) is 25.1. The first-order chi connectivity index (χ1) is 12.5. The van der Waals surface area contributed by atoms with Crippen molar-refractivity contribution in [2.24, 2.45) is 0 Å². The van der Waals surface area contributed by atoms with Crippen LogP contribution in [0, 0.1) is 0 Å². The molecule has 0 radical (unpaired) electrons. The summed E-state index contributed by atoms with van der Waals surface area (Å²) >= 11 is 7.01. The number of ether oxygens (including phenoxy) is 1. The smallest absolute Gasteiger partial charge is 0.328 e. The number of hydrogen-bond acceptors (Lipinski definition) is 3. The van der Waals surface area contributed by atoms with E-state index in [-0.39, 0.29) is 11.6 Å². The average molecular weight is 480 g/mol. The van der Waals surface area contributed by atoms with Crippen LogP contribution >= 0.6 is 31.9 Å². The van der Waals surface area contributed by atoms with Crippen molar-refractivity contribution in [1.29, 1.82) is 0 Å². The van der Waals surface area contributed by atoms with Gasteiger partial charge in [-0.15, -0.1) is 0 Å². The summed E-state index contributed by atoms with van der Waals surface area (Å²) in [6, 6.07) is 13.2. The Hall–Kier alpha value is -2.12. The first-order valence-corrected chi connectivity index (χ1v) is 9.58. The fourth-order valence-corrected chi connectivity index (χ4v) is 4.01. The van der Waals surface area contributed by atoms with Gasteiger partial charge >= 0.3 is 6.03 Å². The predicted octanol–water partition coefficient (Wildman–Crippen LogP) is 4.70. The zero-order chi connectivity index (χ0) is 18.7. The van der Waals surface area contributed by atoms with Crippen molar-refractivity contribution in [2.75, 3.05) is 6.54 Å². The van der Waals surface area contributed by atoms with E-state index in [2.05, 4.69) is 37.2 Å². The Morgan fingerprint density at radius 1 is 1.12 bits per heavy atom. The van der Waals surface area contributed by atoms with E-state index in [1.54, 1.807) is 13.0 Å². The molecule has 5 nitrogen and oxygen atoms in total. The molecular formula is C19H16Br2N2O3. The standard InChI is InChI=1S/C19H16Br2N2O3/c1-2-23-18(24)16(22-19(23)25)10-13-8-14(20)17(15(21)9-13)26-11-12-6-4-3-5-7-12/h3-10H,2,11H2,1H3,(H,22,25)/b16-10+. The summed E-state index contributed by atoms with van der Waals surface area (Å²) in [6.45, 7) is 2.53. The highest BCUT2D eigenvalue weighted by Crippen LogP contribution is 2.36. The number of nitrogens with one attached hydrogen (secondary N) is 1. The van der Waals surface area contributed by atoms with Gasteiger partial charge in [-0.3, -0.25) is 9.69 Å². The van der Waals surface area contributed by atoms with Crippen LogP contribution in [0.4, 0.5) is 4.79 Å². The first kappa shape index (κ1) is 18.7. The molecule has 26 heavy (non-hydrogen) atoms. The number of likely N-dealkylation sites (N-methyl/N-ethyl adjacent to an activating group) is 1. The molecule has 7 heteroatoms. The van der Waals surface area contributed by atoms with E-state index in [1.165, 1.54) is 0 Å². The number of benzene rings is 2. The van der Waals surface area contributed by atoms with E-state index >= 15 is 0 Å². The Morgan fingerprint density at radius 2 is 1.77 bits per heavy atom. The Balaban J connectivity index is 1.80. The summed E-state index contributed by atoms with van der Waals surface area (Å²) in [5, 5.41) is 2.59. The number of nitrogens with zero attached hydrogens (tertiary/aromatic N) is 1. The number of carbonyl (C=O) groups is 2. The van der Waals surface area contributed by atoms with Crippen molar-refractivity contribution in [3.05, 3.63) is 68.2 Å². The van der Waals surface area contributed by atoms with Gasteiger partial charge in [0, 0.05) is 6.54 Å². The third kappa shape index (κ3) is 3.99. The molecule has 1 heterocycles. The van der Waals surface area contributed by atoms with Crippen molar-refractivity contribution in [1.82, 2.24) is 10.2 Å². The van der Waals surface area contributed by atoms with Gasteiger partial charge in [-0.05, 0) is 68.1 Å². The number of halogens is 2. The van der Waals surface area contributed by atoms with Crippen molar-refractivity contribution >= 4 is 49.9 Å². The minimum absolute atomic E-state index is 0.258. The van der Waals surface area contributed by atoms with Crippen LogP contribution in [-0.4, -0.2) is 23.4 Å². The Bertz CT molecular complexity index is 859. The zero-order valence-electron chi connectivity index (χ0n) is 14.0. The van der Waals surface area contributed by atoms with Gasteiger partial charge in [-0.2, -0.15) is 0 Å². The van der Waals surface area contributed by atoms with Gasteiger partial charge in [0.05, 0.1) is 8.95 Å². The van der Waals surface area contributed by atoms with Crippen LogP contribution in [0.15, 0.2) is 57.1 Å². The van der Waals surface area contributed by atoms with Crippen LogP contribution in [0.2, 0.25) is 0 Å². The van der Waals surface area contributed by atoms with Crippen LogP contribution in [0.5, 0.6) is 5.75 Å². The predicted molar refractivity (Wildman–Crippen MR) is 107 cm³/mol. The molecule has 3 rings (SSSR count). The van der Waals surface area contributed by atoms with Crippen LogP contribution in [0.1, 0.15) is 18.1 Å². The lowest BCUT2D eigenvalue weighted by atomic mass is 10.2. The minimum atomic E-state index is -0.398. The topological polar surface area (TPSA) is 58.6 Å². The summed E-state index contributed by atoms with van der Waals surface area (Å²) in [5.74, 6) is 0.349. The largest absolute Gasteiger partial charge is 0.487 e. The maximum Gasteiger partial charge on any atom is 0.328 e. The molecule has 0 unspecified atom stereocenters. The number of hydrogen-bond donors (Lipinski definition) is 1. The summed E-state index contributed by atoms with van der Waals surface area (Å²) in [5.41, 5.74) is 2.09. The molecule has 0 aromatic heterocycles. The second-order valence-corrected chi connectivity index (χ2v) is 7.33. The second kappa shape index (κ2) is 8.05. The van der Waals surface area contributed by atoms with Crippen LogP contribution in [-0.2, 0) is 11.4 Å². The third-order valence-corrected chi connectivity index (χ3v) is 5.01. The molecular weight excluding hydrogens is 464 g/mol. The van der Waals surface area contributed by atoms with Gasteiger partial charge in [-0.25, -0.2) is 4.79 Å². The average Bonchev–Trinajstić information content (AvgIpc) is 2.88. The molecule has 0 bridgehead atoms. The number of rotatable bonds is 5.